The summed E-state index contributed by atoms with van der Waals surface area (Å²) in [5.41, 5.74) is 1.18. The van der Waals surface area contributed by atoms with E-state index < -0.39 is 0 Å². The summed E-state index contributed by atoms with van der Waals surface area (Å²) in [6.45, 7) is 8.56. The lowest BCUT2D eigenvalue weighted by Crippen LogP contribution is -2.38. The number of aliphatic imine (C=N–C) groups is 1. The molecule has 138 valence electrons. The minimum absolute atomic E-state index is 0. The number of halogens is 1. The molecular formula is C17H32IN5S. The number of rotatable bonds is 6. The van der Waals surface area contributed by atoms with Crippen LogP contribution in [0.2, 0.25) is 0 Å². The molecular weight excluding hydrogens is 433 g/mol. The van der Waals surface area contributed by atoms with Crippen molar-refractivity contribution < 1.29 is 0 Å². The fourth-order valence-corrected chi connectivity index (χ4v) is 3.69. The van der Waals surface area contributed by atoms with Crippen LogP contribution in [0.3, 0.4) is 0 Å². The van der Waals surface area contributed by atoms with E-state index in [2.05, 4.69) is 51.8 Å². The minimum atomic E-state index is 0. The molecule has 0 aliphatic carbocycles. The van der Waals surface area contributed by atoms with E-state index >= 15 is 0 Å². The summed E-state index contributed by atoms with van der Waals surface area (Å²) in [5.74, 6) is 2.22. The van der Waals surface area contributed by atoms with Gasteiger partial charge in [0.15, 0.2) is 5.96 Å². The van der Waals surface area contributed by atoms with Crippen LogP contribution in [0.5, 0.6) is 0 Å². The Morgan fingerprint density at radius 1 is 1.38 bits per heavy atom. The lowest BCUT2D eigenvalue weighted by Gasteiger charge is -2.29. The van der Waals surface area contributed by atoms with Crippen LogP contribution in [0.1, 0.15) is 49.7 Å². The standard InChI is InChI=1S/C17H31N5S.HI/c1-13(2)15-12-23-16(21-15)11-20-17(18-3)19-8-5-14-6-9-22(4)10-7-14;/h12-14H,5-11H2,1-4H3,(H2,18,19,20);1H. The van der Waals surface area contributed by atoms with Gasteiger partial charge in [0.05, 0.1) is 12.2 Å². The predicted octanol–water partition coefficient (Wildman–Crippen LogP) is 3.28. The van der Waals surface area contributed by atoms with Crippen LogP contribution in [0.4, 0.5) is 0 Å². The molecule has 1 saturated heterocycles. The summed E-state index contributed by atoms with van der Waals surface area (Å²) < 4.78 is 0. The monoisotopic (exact) mass is 465 g/mol. The molecule has 2 heterocycles. The van der Waals surface area contributed by atoms with E-state index in [9.17, 15) is 0 Å². The first kappa shape index (κ1) is 21.6. The van der Waals surface area contributed by atoms with Gasteiger partial charge in [0.2, 0.25) is 0 Å². The van der Waals surface area contributed by atoms with Crippen molar-refractivity contribution >= 4 is 41.3 Å². The van der Waals surface area contributed by atoms with Crippen LogP contribution in [0.15, 0.2) is 10.4 Å². The number of nitrogens with one attached hydrogen (secondary N) is 2. The van der Waals surface area contributed by atoms with E-state index in [1.165, 1.54) is 38.0 Å². The second-order valence-corrected chi connectivity index (χ2v) is 7.65. The SMILES string of the molecule is CN=C(NCCC1CCN(C)CC1)NCc1nc(C(C)C)cs1.I. The van der Waals surface area contributed by atoms with Gasteiger partial charge in [-0.1, -0.05) is 13.8 Å². The molecule has 1 aromatic heterocycles. The highest BCUT2D eigenvalue weighted by Gasteiger charge is 2.16. The summed E-state index contributed by atoms with van der Waals surface area (Å²) >= 11 is 1.72. The highest BCUT2D eigenvalue weighted by Crippen LogP contribution is 2.19. The zero-order valence-corrected chi connectivity index (χ0v) is 18.5. The highest BCUT2D eigenvalue weighted by molar-refractivity contribution is 14.0. The number of hydrogen-bond acceptors (Lipinski definition) is 4. The van der Waals surface area contributed by atoms with Gasteiger partial charge < -0.3 is 15.5 Å². The third kappa shape index (κ3) is 7.23. The largest absolute Gasteiger partial charge is 0.356 e. The van der Waals surface area contributed by atoms with E-state index in [1.807, 2.05) is 7.05 Å². The van der Waals surface area contributed by atoms with Crippen molar-refractivity contribution in [3.8, 4) is 0 Å². The van der Waals surface area contributed by atoms with Crippen molar-refractivity contribution in [1.29, 1.82) is 0 Å². The third-order valence-corrected chi connectivity index (χ3v) is 5.34. The topological polar surface area (TPSA) is 52.6 Å². The Morgan fingerprint density at radius 2 is 2.08 bits per heavy atom. The van der Waals surface area contributed by atoms with E-state index in [1.54, 1.807) is 11.3 Å². The Balaban J connectivity index is 0.00000288. The van der Waals surface area contributed by atoms with E-state index in [0.29, 0.717) is 5.92 Å². The maximum atomic E-state index is 4.65. The fourth-order valence-electron chi connectivity index (χ4n) is 2.80. The van der Waals surface area contributed by atoms with E-state index in [4.69, 9.17) is 0 Å². The molecule has 0 atom stereocenters. The minimum Gasteiger partial charge on any atom is -0.356 e. The number of piperidine rings is 1. The van der Waals surface area contributed by atoms with Crippen LogP contribution in [-0.4, -0.2) is 49.6 Å². The van der Waals surface area contributed by atoms with Crippen LogP contribution < -0.4 is 10.6 Å². The quantitative estimate of drug-likeness (QED) is 0.385. The highest BCUT2D eigenvalue weighted by atomic mass is 127. The Labute approximate surface area is 167 Å². The Kier molecular flexibility index (Phi) is 10.1. The molecule has 1 aliphatic rings. The number of thiazole rings is 1. The van der Waals surface area contributed by atoms with Gasteiger partial charge in [-0.3, -0.25) is 4.99 Å². The molecule has 1 aromatic rings. The van der Waals surface area contributed by atoms with Gasteiger partial charge in [0, 0.05) is 19.0 Å². The first-order chi connectivity index (χ1) is 11.1. The Hall–Kier alpha value is -0.410. The smallest absolute Gasteiger partial charge is 0.191 e. The molecule has 24 heavy (non-hydrogen) atoms. The molecule has 0 aromatic carbocycles. The van der Waals surface area contributed by atoms with Crippen LogP contribution in [-0.2, 0) is 6.54 Å². The van der Waals surface area contributed by atoms with Crippen LogP contribution in [0, 0.1) is 5.92 Å². The van der Waals surface area contributed by atoms with Gasteiger partial charge in [-0.05, 0) is 51.2 Å². The number of nitrogens with zero attached hydrogens (tertiary/aromatic N) is 3. The second kappa shape index (κ2) is 11.3. The zero-order chi connectivity index (χ0) is 16.7. The average molecular weight is 465 g/mol. The summed E-state index contributed by atoms with van der Waals surface area (Å²) in [6.07, 6.45) is 3.87. The average Bonchev–Trinajstić information content (AvgIpc) is 3.01. The molecule has 5 nitrogen and oxygen atoms in total. The molecule has 0 unspecified atom stereocenters. The predicted molar refractivity (Wildman–Crippen MR) is 115 cm³/mol. The summed E-state index contributed by atoms with van der Waals surface area (Å²) in [4.78, 5) is 11.4. The third-order valence-electron chi connectivity index (χ3n) is 4.47. The Bertz CT molecular complexity index is 495. The molecule has 7 heteroatoms. The lowest BCUT2D eigenvalue weighted by molar-refractivity contribution is 0.213. The number of aromatic nitrogens is 1. The lowest BCUT2D eigenvalue weighted by atomic mass is 9.94. The van der Waals surface area contributed by atoms with Crippen molar-refractivity contribution in [2.75, 3.05) is 33.7 Å². The number of likely N-dealkylation sites (tertiary alicyclic amines) is 1. The first-order valence-electron chi connectivity index (χ1n) is 8.65. The molecule has 2 rings (SSSR count). The van der Waals surface area contributed by atoms with Crippen molar-refractivity contribution in [1.82, 2.24) is 20.5 Å². The number of guanidine groups is 1. The first-order valence-corrected chi connectivity index (χ1v) is 9.53. The zero-order valence-electron chi connectivity index (χ0n) is 15.3. The summed E-state index contributed by atoms with van der Waals surface area (Å²) in [5, 5.41) is 10.1. The summed E-state index contributed by atoms with van der Waals surface area (Å²) in [7, 11) is 4.04. The second-order valence-electron chi connectivity index (χ2n) is 6.71. The van der Waals surface area contributed by atoms with Crippen LogP contribution in [0.25, 0.3) is 0 Å². The van der Waals surface area contributed by atoms with E-state index in [-0.39, 0.29) is 24.0 Å². The van der Waals surface area contributed by atoms with Gasteiger partial charge in [-0.15, -0.1) is 35.3 Å². The maximum absolute atomic E-state index is 4.65. The molecule has 1 aliphatic heterocycles. The van der Waals surface area contributed by atoms with Gasteiger partial charge in [0.1, 0.15) is 5.01 Å². The summed E-state index contributed by atoms with van der Waals surface area (Å²) in [6, 6.07) is 0. The molecule has 0 saturated carbocycles. The Morgan fingerprint density at radius 3 is 2.67 bits per heavy atom. The molecule has 2 N–H and O–H groups in total. The maximum Gasteiger partial charge on any atom is 0.191 e. The van der Waals surface area contributed by atoms with Crippen molar-refractivity contribution in [2.45, 2.75) is 45.6 Å². The fraction of sp³-hybridized carbons (Fsp3) is 0.765. The van der Waals surface area contributed by atoms with Gasteiger partial charge in [0.25, 0.3) is 0 Å². The molecule has 0 spiro atoms. The van der Waals surface area contributed by atoms with Crippen molar-refractivity contribution in [2.24, 2.45) is 10.9 Å². The van der Waals surface area contributed by atoms with Crippen LogP contribution >= 0.6 is 35.3 Å². The van der Waals surface area contributed by atoms with E-state index in [0.717, 1.165) is 30.0 Å². The molecule has 0 bridgehead atoms. The molecule has 0 radical (unpaired) electrons. The number of hydrogen-bond donors (Lipinski definition) is 2. The molecule has 1 fully saturated rings. The van der Waals surface area contributed by atoms with Gasteiger partial charge >= 0.3 is 0 Å². The van der Waals surface area contributed by atoms with Crippen molar-refractivity contribution in [3.63, 3.8) is 0 Å². The normalized spacial score (nSPS) is 17.0. The molecule has 0 amide bonds. The van der Waals surface area contributed by atoms with Crippen molar-refractivity contribution in [3.05, 3.63) is 16.1 Å². The van der Waals surface area contributed by atoms with Gasteiger partial charge in [-0.25, -0.2) is 4.98 Å². The van der Waals surface area contributed by atoms with Gasteiger partial charge in [-0.2, -0.15) is 0 Å².